The molecule has 4 aliphatic carbocycles. The molecule has 0 unspecified atom stereocenters. The number of imide groups is 1. The van der Waals surface area contributed by atoms with Gasteiger partial charge in [0.05, 0.1) is 18.3 Å². The van der Waals surface area contributed by atoms with E-state index in [4.69, 9.17) is 5.11 Å². The number of carbonyl (C=O) groups excluding carboxylic acids is 2. The number of rotatable bonds is 3. The lowest BCUT2D eigenvalue weighted by atomic mass is 9.63. The summed E-state index contributed by atoms with van der Waals surface area (Å²) in [6.07, 6.45) is 5.22. The fourth-order valence-electron chi connectivity index (χ4n) is 4.45. The highest BCUT2D eigenvalue weighted by Crippen LogP contribution is 2.65. The van der Waals surface area contributed by atoms with Crippen LogP contribution in [0.1, 0.15) is 12.8 Å². The zero-order valence-corrected chi connectivity index (χ0v) is 10.4. The fraction of sp³-hybridized carbons (Fsp3) is 0.643. The standard InChI is InChI=1S/C14H15NO4/c16-10(17)3-4-15-13(18)11-6-1-2-7(9-5-8(6)9)12(11)14(15)19/h1-2,6-9,11-12H,3-5H2,(H,16,17)/t6-,7-,8-,9-,11-,12-/m1/s1. The van der Waals surface area contributed by atoms with Crippen molar-refractivity contribution in [2.24, 2.45) is 35.5 Å². The van der Waals surface area contributed by atoms with Gasteiger partial charge in [-0.1, -0.05) is 12.2 Å². The van der Waals surface area contributed by atoms with Crippen LogP contribution in [-0.2, 0) is 14.4 Å². The van der Waals surface area contributed by atoms with Gasteiger partial charge in [0.2, 0.25) is 11.8 Å². The number of hydrogen-bond donors (Lipinski definition) is 1. The molecule has 5 heteroatoms. The van der Waals surface area contributed by atoms with Crippen molar-refractivity contribution >= 4 is 17.8 Å². The molecular weight excluding hydrogens is 246 g/mol. The largest absolute Gasteiger partial charge is 0.481 e. The summed E-state index contributed by atoms with van der Waals surface area (Å²) in [6, 6.07) is 0. The summed E-state index contributed by atoms with van der Waals surface area (Å²) < 4.78 is 0. The van der Waals surface area contributed by atoms with E-state index in [2.05, 4.69) is 12.2 Å². The predicted octanol–water partition coefficient (Wildman–Crippen LogP) is 0.514. The highest BCUT2D eigenvalue weighted by molar-refractivity contribution is 6.06. The molecule has 5 rings (SSSR count). The smallest absolute Gasteiger partial charge is 0.305 e. The molecule has 2 saturated carbocycles. The van der Waals surface area contributed by atoms with Crippen molar-refractivity contribution in [2.45, 2.75) is 12.8 Å². The van der Waals surface area contributed by atoms with Gasteiger partial charge in [-0.15, -0.1) is 0 Å². The molecule has 0 radical (unpaired) electrons. The molecule has 1 heterocycles. The maximum atomic E-state index is 12.4. The van der Waals surface area contributed by atoms with Crippen molar-refractivity contribution in [3.63, 3.8) is 0 Å². The van der Waals surface area contributed by atoms with Gasteiger partial charge in [0.15, 0.2) is 0 Å². The Morgan fingerprint density at radius 1 is 1.16 bits per heavy atom. The molecule has 1 N–H and O–H groups in total. The summed E-state index contributed by atoms with van der Waals surface area (Å²) in [4.78, 5) is 36.6. The molecule has 2 bridgehead atoms. The van der Waals surface area contributed by atoms with Crippen molar-refractivity contribution in [1.29, 1.82) is 0 Å². The fourth-order valence-corrected chi connectivity index (χ4v) is 4.45. The Morgan fingerprint density at radius 3 is 2.16 bits per heavy atom. The van der Waals surface area contributed by atoms with Crippen LogP contribution in [0.4, 0.5) is 0 Å². The number of hydrogen-bond acceptors (Lipinski definition) is 3. The number of aliphatic carboxylic acids is 1. The van der Waals surface area contributed by atoms with E-state index in [0.717, 1.165) is 6.42 Å². The number of allylic oxidation sites excluding steroid dienone is 2. The first kappa shape index (κ1) is 11.2. The minimum Gasteiger partial charge on any atom is -0.481 e. The zero-order valence-electron chi connectivity index (χ0n) is 10.4. The monoisotopic (exact) mass is 261 g/mol. The third-order valence-corrected chi connectivity index (χ3v) is 5.30. The molecule has 0 aromatic rings. The van der Waals surface area contributed by atoms with Gasteiger partial charge in [0.25, 0.3) is 0 Å². The zero-order chi connectivity index (χ0) is 13.3. The van der Waals surface area contributed by atoms with Crippen LogP contribution in [-0.4, -0.2) is 34.3 Å². The van der Waals surface area contributed by atoms with E-state index in [1.807, 2.05) is 0 Å². The van der Waals surface area contributed by atoms with E-state index in [-0.39, 0.29) is 48.5 Å². The molecule has 0 spiro atoms. The second kappa shape index (κ2) is 3.46. The summed E-state index contributed by atoms with van der Waals surface area (Å²) >= 11 is 0. The van der Waals surface area contributed by atoms with E-state index in [9.17, 15) is 14.4 Å². The number of nitrogens with zero attached hydrogens (tertiary/aromatic N) is 1. The molecular formula is C14H15NO4. The van der Waals surface area contributed by atoms with Crippen LogP contribution in [0.15, 0.2) is 12.2 Å². The molecule has 3 fully saturated rings. The molecule has 0 aromatic heterocycles. The lowest BCUT2D eigenvalue weighted by molar-refractivity contribution is -0.142. The summed E-state index contributed by atoms with van der Waals surface area (Å²) in [5.41, 5.74) is 0. The van der Waals surface area contributed by atoms with Gasteiger partial charge in [-0.05, 0) is 30.1 Å². The van der Waals surface area contributed by atoms with Crippen molar-refractivity contribution < 1.29 is 19.5 Å². The average molecular weight is 261 g/mol. The van der Waals surface area contributed by atoms with Crippen molar-refractivity contribution in [1.82, 2.24) is 4.90 Å². The highest BCUT2D eigenvalue weighted by atomic mass is 16.4. The third kappa shape index (κ3) is 1.33. The summed E-state index contributed by atoms with van der Waals surface area (Å²) in [5.74, 6) is -0.0567. The van der Waals surface area contributed by atoms with Crippen LogP contribution in [0.3, 0.4) is 0 Å². The van der Waals surface area contributed by atoms with E-state index in [1.165, 1.54) is 4.90 Å². The molecule has 5 aliphatic rings. The second-order valence-corrected chi connectivity index (χ2v) is 6.13. The van der Waals surface area contributed by atoms with Crippen molar-refractivity contribution in [3.05, 3.63) is 12.2 Å². The van der Waals surface area contributed by atoms with E-state index >= 15 is 0 Å². The molecule has 5 nitrogen and oxygen atoms in total. The maximum Gasteiger partial charge on any atom is 0.305 e. The topological polar surface area (TPSA) is 74.7 Å². The average Bonchev–Trinajstić information content (AvgIpc) is 3.14. The first-order valence-electron chi connectivity index (χ1n) is 6.85. The van der Waals surface area contributed by atoms with Crippen LogP contribution >= 0.6 is 0 Å². The van der Waals surface area contributed by atoms with Gasteiger partial charge < -0.3 is 5.11 Å². The Morgan fingerprint density at radius 2 is 1.68 bits per heavy atom. The number of carbonyl (C=O) groups is 3. The molecule has 19 heavy (non-hydrogen) atoms. The van der Waals surface area contributed by atoms with Gasteiger partial charge in [0.1, 0.15) is 0 Å². The molecule has 1 saturated heterocycles. The summed E-state index contributed by atoms with van der Waals surface area (Å²) in [7, 11) is 0. The summed E-state index contributed by atoms with van der Waals surface area (Å²) in [6.45, 7) is 0.0226. The lowest BCUT2D eigenvalue weighted by Crippen LogP contribution is -2.40. The van der Waals surface area contributed by atoms with Crippen molar-refractivity contribution in [3.8, 4) is 0 Å². The van der Waals surface area contributed by atoms with E-state index in [1.54, 1.807) is 0 Å². The highest BCUT2D eigenvalue weighted by Gasteiger charge is 2.66. The van der Waals surface area contributed by atoms with Gasteiger partial charge in [-0.2, -0.15) is 0 Å². The van der Waals surface area contributed by atoms with Gasteiger partial charge in [0, 0.05) is 6.54 Å². The molecule has 1 aliphatic heterocycles. The predicted molar refractivity (Wildman–Crippen MR) is 63.7 cm³/mol. The number of carboxylic acid groups (broad SMARTS) is 1. The lowest BCUT2D eigenvalue weighted by Gasteiger charge is -2.37. The van der Waals surface area contributed by atoms with E-state index < -0.39 is 5.97 Å². The van der Waals surface area contributed by atoms with Crippen LogP contribution in [0.5, 0.6) is 0 Å². The Kier molecular flexibility index (Phi) is 2.04. The minimum absolute atomic E-state index is 0.0226. The molecule has 100 valence electrons. The number of likely N-dealkylation sites (tertiary alicyclic amines) is 1. The van der Waals surface area contributed by atoms with Crippen LogP contribution in [0, 0.1) is 35.5 Å². The first-order valence-corrected chi connectivity index (χ1v) is 6.85. The van der Waals surface area contributed by atoms with Crippen molar-refractivity contribution in [2.75, 3.05) is 6.54 Å². The van der Waals surface area contributed by atoms with Gasteiger partial charge in [-0.3, -0.25) is 19.3 Å². The Hall–Kier alpha value is -1.65. The SMILES string of the molecule is O=C(O)CCN1C(=O)[C@@H]2[C@@H]3C=C[C@H]([C@H]4C[C@H]34)[C@H]2C1=O. The normalized spacial score (nSPS) is 45.4. The number of amides is 2. The second-order valence-electron chi connectivity index (χ2n) is 6.13. The minimum atomic E-state index is -0.973. The summed E-state index contributed by atoms with van der Waals surface area (Å²) in [5, 5.41) is 8.71. The van der Waals surface area contributed by atoms with Crippen LogP contribution in [0.25, 0.3) is 0 Å². The quantitative estimate of drug-likeness (QED) is 0.593. The van der Waals surface area contributed by atoms with Gasteiger partial charge >= 0.3 is 5.97 Å². The number of carboxylic acids is 1. The van der Waals surface area contributed by atoms with Crippen LogP contribution < -0.4 is 0 Å². The van der Waals surface area contributed by atoms with Gasteiger partial charge in [-0.25, -0.2) is 0 Å². The molecule has 6 atom stereocenters. The van der Waals surface area contributed by atoms with E-state index in [0.29, 0.717) is 11.8 Å². The maximum absolute atomic E-state index is 12.4. The third-order valence-electron chi connectivity index (χ3n) is 5.30. The Bertz CT molecular complexity index is 490. The Labute approximate surface area is 110 Å². The van der Waals surface area contributed by atoms with Crippen LogP contribution in [0.2, 0.25) is 0 Å². The Balaban J connectivity index is 1.63. The first-order chi connectivity index (χ1) is 9.09. The molecule has 0 aromatic carbocycles. The molecule has 2 amide bonds.